The monoisotopic (exact) mass is 374 g/mol. The van der Waals surface area contributed by atoms with Gasteiger partial charge in [0.15, 0.2) is 5.17 Å². The van der Waals surface area contributed by atoms with Gasteiger partial charge < -0.3 is 19.5 Å². The van der Waals surface area contributed by atoms with Crippen LogP contribution in [0.25, 0.3) is 0 Å². The van der Waals surface area contributed by atoms with Crippen LogP contribution >= 0.6 is 11.8 Å². The Labute approximate surface area is 155 Å². The first-order valence-corrected chi connectivity index (χ1v) is 8.72. The molecule has 3 rings (SSSR count). The van der Waals surface area contributed by atoms with E-state index in [9.17, 15) is 14.7 Å². The van der Waals surface area contributed by atoms with Crippen LogP contribution in [0.5, 0.6) is 5.75 Å². The molecule has 1 unspecified atom stereocenters. The number of amidine groups is 1. The molecule has 0 aliphatic carbocycles. The van der Waals surface area contributed by atoms with Gasteiger partial charge in [0.2, 0.25) is 0 Å². The molecule has 2 aliphatic rings. The van der Waals surface area contributed by atoms with E-state index in [0.717, 1.165) is 5.56 Å². The molecule has 0 aromatic heterocycles. The summed E-state index contributed by atoms with van der Waals surface area (Å²) in [7, 11) is 2.90. The van der Waals surface area contributed by atoms with Crippen molar-refractivity contribution in [3.8, 4) is 5.75 Å². The van der Waals surface area contributed by atoms with Crippen molar-refractivity contribution in [1.29, 1.82) is 0 Å². The molecule has 1 atom stereocenters. The lowest BCUT2D eigenvalue weighted by atomic mass is 9.94. The molecule has 0 fully saturated rings. The van der Waals surface area contributed by atoms with Gasteiger partial charge in [0.05, 0.1) is 38.0 Å². The Morgan fingerprint density at radius 2 is 1.96 bits per heavy atom. The lowest BCUT2D eigenvalue weighted by Gasteiger charge is -2.36. The van der Waals surface area contributed by atoms with E-state index in [2.05, 4.69) is 4.99 Å². The minimum Gasteiger partial charge on any atom is -0.497 e. The number of carboxylic acid groups (broad SMARTS) is 1. The molecule has 26 heavy (non-hydrogen) atoms. The Morgan fingerprint density at radius 3 is 2.54 bits per heavy atom. The number of esters is 1. The fourth-order valence-electron chi connectivity index (χ4n) is 3.00. The highest BCUT2D eigenvalue weighted by Crippen LogP contribution is 2.44. The molecule has 0 bridgehead atoms. The van der Waals surface area contributed by atoms with Gasteiger partial charge in [-0.25, -0.2) is 9.79 Å². The highest BCUT2D eigenvalue weighted by molar-refractivity contribution is 8.16. The molecule has 0 radical (unpaired) electrons. The van der Waals surface area contributed by atoms with E-state index >= 15 is 0 Å². The number of carboxylic acids is 1. The number of aliphatic carboxylic acids is 1. The predicted molar refractivity (Wildman–Crippen MR) is 97.7 cm³/mol. The second-order valence-electron chi connectivity index (χ2n) is 5.73. The third kappa shape index (κ3) is 3.20. The zero-order valence-corrected chi connectivity index (χ0v) is 15.4. The summed E-state index contributed by atoms with van der Waals surface area (Å²) in [5.41, 5.74) is 2.34. The molecule has 0 amide bonds. The maximum atomic E-state index is 12.5. The molecular weight excluding hydrogens is 356 g/mol. The lowest BCUT2D eigenvalue weighted by Crippen LogP contribution is -2.37. The summed E-state index contributed by atoms with van der Waals surface area (Å²) >= 11 is 1.35. The van der Waals surface area contributed by atoms with Crippen molar-refractivity contribution in [2.45, 2.75) is 19.4 Å². The number of carbonyl (C=O) groups excluding carboxylic acids is 1. The molecular formula is C18H18N2O5S. The zero-order chi connectivity index (χ0) is 18.8. The first kappa shape index (κ1) is 18.1. The van der Waals surface area contributed by atoms with E-state index in [-0.39, 0.29) is 6.42 Å². The van der Waals surface area contributed by atoms with E-state index in [1.54, 1.807) is 36.5 Å². The number of hydrogen-bond acceptors (Lipinski definition) is 7. The Kier molecular flexibility index (Phi) is 5.03. The van der Waals surface area contributed by atoms with Gasteiger partial charge in [-0.1, -0.05) is 23.9 Å². The quantitative estimate of drug-likeness (QED) is 0.793. The van der Waals surface area contributed by atoms with Crippen molar-refractivity contribution < 1.29 is 24.2 Å². The van der Waals surface area contributed by atoms with E-state index in [0.29, 0.717) is 27.9 Å². The number of carbonyl (C=O) groups is 2. The summed E-state index contributed by atoms with van der Waals surface area (Å²) in [6.07, 6.45) is -0.161. The second-order valence-corrected chi connectivity index (χ2v) is 6.56. The van der Waals surface area contributed by atoms with Crippen LogP contribution in [0.1, 0.15) is 24.9 Å². The van der Waals surface area contributed by atoms with Crippen LogP contribution in [0.2, 0.25) is 0 Å². The van der Waals surface area contributed by atoms with Crippen molar-refractivity contribution in [1.82, 2.24) is 4.90 Å². The summed E-state index contributed by atoms with van der Waals surface area (Å²) < 4.78 is 10.2. The van der Waals surface area contributed by atoms with Gasteiger partial charge in [0, 0.05) is 5.70 Å². The normalized spacial score (nSPS) is 18.9. The van der Waals surface area contributed by atoms with Gasteiger partial charge in [-0.3, -0.25) is 4.79 Å². The molecule has 136 valence electrons. The Bertz CT molecular complexity index is 842. The number of nitrogens with zero attached hydrogens (tertiary/aromatic N) is 2. The average Bonchev–Trinajstić information content (AvgIpc) is 3.01. The lowest BCUT2D eigenvalue weighted by molar-refractivity contribution is -0.137. The first-order valence-electron chi connectivity index (χ1n) is 7.84. The highest BCUT2D eigenvalue weighted by Gasteiger charge is 2.40. The molecule has 1 aromatic rings. The number of thioether (sulfide) groups is 1. The van der Waals surface area contributed by atoms with Crippen LogP contribution in [0.4, 0.5) is 0 Å². The van der Waals surface area contributed by atoms with Crippen molar-refractivity contribution >= 4 is 28.9 Å². The maximum Gasteiger partial charge on any atom is 0.338 e. The summed E-state index contributed by atoms with van der Waals surface area (Å²) in [4.78, 5) is 30.0. The average molecular weight is 374 g/mol. The number of aliphatic imine (C=N–C) groups is 1. The van der Waals surface area contributed by atoms with Crippen LogP contribution in [-0.2, 0) is 14.3 Å². The minimum absolute atomic E-state index is 0.161. The van der Waals surface area contributed by atoms with Crippen LogP contribution < -0.4 is 4.74 Å². The SMILES string of the molecule is COC(=O)C1=C(C)N=C2SC=C(CC(=O)O)N2C1c1ccc(OC)cc1. The van der Waals surface area contributed by atoms with Gasteiger partial charge in [-0.15, -0.1) is 0 Å². The molecule has 0 spiro atoms. The van der Waals surface area contributed by atoms with Crippen molar-refractivity contribution in [2.24, 2.45) is 4.99 Å². The molecule has 8 heteroatoms. The Hall–Kier alpha value is -2.74. The summed E-state index contributed by atoms with van der Waals surface area (Å²) in [5.74, 6) is -0.744. The molecule has 2 heterocycles. The van der Waals surface area contributed by atoms with E-state index in [1.807, 2.05) is 12.1 Å². The molecule has 1 aromatic carbocycles. The van der Waals surface area contributed by atoms with Crippen molar-refractivity contribution in [3.05, 3.63) is 52.2 Å². The van der Waals surface area contributed by atoms with Crippen molar-refractivity contribution in [2.75, 3.05) is 14.2 Å². The number of benzene rings is 1. The fraction of sp³-hybridized carbons (Fsp3) is 0.278. The second kappa shape index (κ2) is 7.25. The van der Waals surface area contributed by atoms with Crippen LogP contribution in [0.3, 0.4) is 0 Å². The number of rotatable bonds is 5. The Balaban J connectivity index is 2.11. The van der Waals surface area contributed by atoms with E-state index in [4.69, 9.17) is 9.47 Å². The largest absolute Gasteiger partial charge is 0.497 e. The van der Waals surface area contributed by atoms with E-state index < -0.39 is 18.0 Å². The summed E-state index contributed by atoms with van der Waals surface area (Å²) in [5, 5.41) is 11.6. The van der Waals surface area contributed by atoms with Gasteiger partial charge in [0.1, 0.15) is 5.75 Å². The number of methoxy groups -OCH3 is 2. The van der Waals surface area contributed by atoms with E-state index in [1.165, 1.54) is 18.9 Å². The maximum absolute atomic E-state index is 12.5. The first-order chi connectivity index (χ1) is 12.5. The highest BCUT2D eigenvalue weighted by atomic mass is 32.2. The number of hydrogen-bond donors (Lipinski definition) is 1. The third-order valence-corrected chi connectivity index (χ3v) is 5.06. The minimum atomic E-state index is -0.947. The standard InChI is InChI=1S/C18H18N2O5S/c1-10-15(17(23)25-3)16(11-4-6-13(24-2)7-5-11)20-12(8-14(21)22)9-26-18(20)19-10/h4-7,9,16H,8H2,1-3H3,(H,21,22). The smallest absolute Gasteiger partial charge is 0.338 e. The molecule has 0 saturated heterocycles. The molecule has 0 saturated carbocycles. The van der Waals surface area contributed by atoms with Gasteiger partial charge in [-0.2, -0.15) is 0 Å². The summed E-state index contributed by atoms with van der Waals surface area (Å²) in [6.45, 7) is 1.75. The molecule has 7 nitrogen and oxygen atoms in total. The third-order valence-electron chi connectivity index (χ3n) is 4.17. The van der Waals surface area contributed by atoms with Gasteiger partial charge >= 0.3 is 11.9 Å². The fourth-order valence-corrected chi connectivity index (χ4v) is 3.96. The van der Waals surface area contributed by atoms with Gasteiger partial charge in [0.25, 0.3) is 0 Å². The summed E-state index contributed by atoms with van der Waals surface area (Å²) in [6, 6.07) is 6.79. The van der Waals surface area contributed by atoms with Crippen molar-refractivity contribution in [3.63, 3.8) is 0 Å². The molecule has 2 aliphatic heterocycles. The van der Waals surface area contributed by atoms with Crippen LogP contribution in [-0.4, -0.2) is 41.3 Å². The topological polar surface area (TPSA) is 88.4 Å². The predicted octanol–water partition coefficient (Wildman–Crippen LogP) is 2.92. The molecule has 1 N–H and O–H groups in total. The Morgan fingerprint density at radius 1 is 1.27 bits per heavy atom. The van der Waals surface area contributed by atoms with Crippen LogP contribution in [0, 0.1) is 0 Å². The zero-order valence-electron chi connectivity index (χ0n) is 14.6. The number of allylic oxidation sites excluding steroid dienone is 1. The number of fused-ring (bicyclic) bond motifs is 1. The van der Waals surface area contributed by atoms with Crippen LogP contribution in [0.15, 0.2) is 51.6 Å². The van der Waals surface area contributed by atoms with Gasteiger partial charge in [-0.05, 0) is 30.0 Å². The number of ether oxygens (including phenoxy) is 2.